The molecule has 7 heteroatoms. The summed E-state index contributed by atoms with van der Waals surface area (Å²) in [6.07, 6.45) is 1.10. The molecule has 6 rings (SSSR count). The maximum Gasteiger partial charge on any atom is 0.255 e. The Balaban J connectivity index is 1.19. The van der Waals surface area contributed by atoms with Gasteiger partial charge in [-0.3, -0.25) is 14.4 Å². The van der Waals surface area contributed by atoms with E-state index >= 15 is 0 Å². The highest BCUT2D eigenvalue weighted by Crippen LogP contribution is 2.34. The van der Waals surface area contributed by atoms with Crippen LogP contribution in [0.3, 0.4) is 0 Å². The van der Waals surface area contributed by atoms with Crippen molar-refractivity contribution in [3.63, 3.8) is 0 Å². The van der Waals surface area contributed by atoms with E-state index in [1.807, 2.05) is 41.0 Å². The molecule has 0 unspecified atom stereocenters. The molecule has 37 heavy (non-hydrogen) atoms. The van der Waals surface area contributed by atoms with Crippen LogP contribution in [0.15, 0.2) is 80.7 Å². The Morgan fingerprint density at radius 1 is 0.973 bits per heavy atom. The van der Waals surface area contributed by atoms with Crippen LogP contribution in [0, 0.1) is 12.8 Å². The van der Waals surface area contributed by atoms with Crippen molar-refractivity contribution in [3.8, 4) is 11.3 Å². The second-order valence-corrected chi connectivity index (χ2v) is 10.1. The summed E-state index contributed by atoms with van der Waals surface area (Å²) >= 11 is 0. The third-order valence-electron chi connectivity index (χ3n) is 7.69. The maximum atomic E-state index is 13.2. The molecule has 2 aromatic carbocycles. The zero-order chi connectivity index (χ0) is 25.5. The van der Waals surface area contributed by atoms with Gasteiger partial charge in [0, 0.05) is 61.5 Å². The van der Waals surface area contributed by atoms with Crippen LogP contribution < -0.4 is 16.3 Å². The number of pyridine rings is 1. The molecule has 1 saturated heterocycles. The van der Waals surface area contributed by atoms with Crippen molar-refractivity contribution in [3.05, 3.63) is 104 Å². The summed E-state index contributed by atoms with van der Waals surface area (Å²) in [5, 5.41) is 3.43. The van der Waals surface area contributed by atoms with E-state index < -0.39 is 0 Å². The van der Waals surface area contributed by atoms with Crippen molar-refractivity contribution >= 4 is 16.9 Å². The summed E-state index contributed by atoms with van der Waals surface area (Å²) in [4.78, 5) is 41.0. The molecule has 2 aliphatic rings. The number of likely N-dealkylation sites (tertiary alicyclic amines) is 1. The summed E-state index contributed by atoms with van der Waals surface area (Å²) in [6.45, 7) is 5.50. The van der Waals surface area contributed by atoms with Gasteiger partial charge in [0.15, 0.2) is 11.0 Å². The zero-order valence-corrected chi connectivity index (χ0v) is 20.8. The molecular formula is C30H29N3O4. The number of piperidine rings is 1. The number of amides is 1. The number of rotatable bonds is 5. The number of hydrogen-bond donors (Lipinski definition) is 1. The Morgan fingerprint density at radius 3 is 2.62 bits per heavy atom. The van der Waals surface area contributed by atoms with Crippen molar-refractivity contribution in [1.29, 1.82) is 0 Å². The molecule has 4 heterocycles. The lowest BCUT2D eigenvalue weighted by Crippen LogP contribution is -2.48. The highest BCUT2D eigenvalue weighted by molar-refractivity contribution is 6.05. The van der Waals surface area contributed by atoms with Crippen LogP contribution in [-0.2, 0) is 6.54 Å². The Hall–Kier alpha value is -3.97. The van der Waals surface area contributed by atoms with Gasteiger partial charge in [0.2, 0.25) is 0 Å². The minimum atomic E-state index is -0.259. The van der Waals surface area contributed by atoms with Crippen molar-refractivity contribution in [2.75, 3.05) is 26.2 Å². The average Bonchev–Trinajstić information content (AvgIpc) is 2.91. The summed E-state index contributed by atoms with van der Waals surface area (Å²) < 4.78 is 8.13. The first-order chi connectivity index (χ1) is 18.0. The highest BCUT2D eigenvalue weighted by atomic mass is 16.3. The number of aromatic nitrogens is 1. The van der Waals surface area contributed by atoms with E-state index in [1.54, 1.807) is 31.2 Å². The molecule has 4 aromatic rings. The van der Waals surface area contributed by atoms with Gasteiger partial charge in [0.25, 0.3) is 11.5 Å². The van der Waals surface area contributed by atoms with Crippen LogP contribution in [0.5, 0.6) is 0 Å². The lowest BCUT2D eigenvalue weighted by Gasteiger charge is -2.42. The van der Waals surface area contributed by atoms with Gasteiger partial charge in [-0.05, 0) is 37.5 Å². The largest absolute Gasteiger partial charge is 0.455 e. The standard InChI is InChI=1S/C30H29N3O4/c1-19-27(35)23-9-5-10-24(29(23)37-28(19)21-7-3-2-4-8-21)30(36)31-13-14-32-16-20-15-22(18-32)25-11-6-12-26(34)33(25)17-20/h2-12,20,22H,13-18H2,1H3,(H,31,36)/t20-,22+/m1/s1. The van der Waals surface area contributed by atoms with Gasteiger partial charge in [0.05, 0.1) is 10.9 Å². The first kappa shape index (κ1) is 23.4. The quantitative estimate of drug-likeness (QED) is 0.456. The number of nitrogens with one attached hydrogen (secondary N) is 1. The minimum absolute atomic E-state index is 0.0836. The van der Waals surface area contributed by atoms with Gasteiger partial charge in [0.1, 0.15) is 5.76 Å². The van der Waals surface area contributed by atoms with Crippen LogP contribution in [0.25, 0.3) is 22.3 Å². The van der Waals surface area contributed by atoms with E-state index in [4.69, 9.17) is 4.42 Å². The number of para-hydroxylation sites is 1. The highest BCUT2D eigenvalue weighted by Gasteiger charge is 2.34. The molecule has 0 saturated carbocycles. The lowest BCUT2D eigenvalue weighted by atomic mass is 9.83. The van der Waals surface area contributed by atoms with Gasteiger partial charge >= 0.3 is 0 Å². The van der Waals surface area contributed by atoms with Gasteiger partial charge in [-0.25, -0.2) is 0 Å². The molecule has 1 amide bonds. The maximum absolute atomic E-state index is 13.2. The number of carbonyl (C=O) groups excluding carboxylic acids is 1. The molecule has 2 aromatic heterocycles. The molecule has 2 bridgehead atoms. The Kier molecular flexibility index (Phi) is 6.00. The van der Waals surface area contributed by atoms with Crippen LogP contribution in [0.1, 0.15) is 34.0 Å². The fraction of sp³-hybridized carbons (Fsp3) is 0.300. The van der Waals surface area contributed by atoms with Crippen molar-refractivity contribution in [2.45, 2.75) is 25.8 Å². The SMILES string of the molecule is Cc1c(-c2ccccc2)oc2c(C(=O)NCCN3C[C@H]4C[C@@H](C3)c3cccc(=O)n3C4)cccc2c1=O. The fourth-order valence-corrected chi connectivity index (χ4v) is 5.95. The molecule has 1 fully saturated rings. The zero-order valence-electron chi connectivity index (χ0n) is 20.8. The Labute approximate surface area is 214 Å². The van der Waals surface area contributed by atoms with E-state index in [-0.39, 0.29) is 16.9 Å². The Bertz CT molecular complexity index is 1610. The average molecular weight is 496 g/mol. The molecule has 188 valence electrons. The van der Waals surface area contributed by atoms with Crippen LogP contribution in [0.4, 0.5) is 0 Å². The van der Waals surface area contributed by atoms with E-state index in [9.17, 15) is 14.4 Å². The normalized spacial score (nSPS) is 18.9. The van der Waals surface area contributed by atoms with E-state index in [0.717, 1.165) is 43.9 Å². The van der Waals surface area contributed by atoms with Crippen LogP contribution in [0.2, 0.25) is 0 Å². The van der Waals surface area contributed by atoms with Crippen molar-refractivity contribution in [2.24, 2.45) is 5.92 Å². The molecular weight excluding hydrogens is 466 g/mol. The van der Waals surface area contributed by atoms with Gasteiger partial charge in [-0.1, -0.05) is 42.5 Å². The molecule has 0 spiro atoms. The third kappa shape index (κ3) is 4.29. The van der Waals surface area contributed by atoms with E-state index in [2.05, 4.69) is 16.3 Å². The molecule has 2 atom stereocenters. The topological polar surface area (TPSA) is 84.6 Å². The second kappa shape index (κ2) is 9.48. The van der Waals surface area contributed by atoms with E-state index in [1.165, 1.54) is 0 Å². The van der Waals surface area contributed by atoms with Gasteiger partial charge in [-0.2, -0.15) is 0 Å². The summed E-state index contributed by atoms with van der Waals surface area (Å²) in [7, 11) is 0. The molecule has 1 N–H and O–H groups in total. The molecule has 0 radical (unpaired) electrons. The van der Waals surface area contributed by atoms with Gasteiger partial charge < -0.3 is 19.2 Å². The number of hydrogen-bond acceptors (Lipinski definition) is 5. The monoisotopic (exact) mass is 495 g/mol. The number of fused-ring (bicyclic) bond motifs is 5. The van der Waals surface area contributed by atoms with Crippen molar-refractivity contribution in [1.82, 2.24) is 14.8 Å². The summed E-state index contributed by atoms with van der Waals surface area (Å²) in [5.41, 5.74) is 3.06. The number of carbonyl (C=O) groups is 1. The Morgan fingerprint density at radius 2 is 1.78 bits per heavy atom. The second-order valence-electron chi connectivity index (χ2n) is 10.1. The van der Waals surface area contributed by atoms with Crippen LogP contribution in [-0.4, -0.2) is 41.6 Å². The first-order valence-electron chi connectivity index (χ1n) is 12.8. The first-order valence-corrected chi connectivity index (χ1v) is 12.8. The smallest absolute Gasteiger partial charge is 0.255 e. The summed E-state index contributed by atoms with van der Waals surface area (Å²) in [5.74, 6) is 1.00. The minimum Gasteiger partial charge on any atom is -0.455 e. The van der Waals surface area contributed by atoms with E-state index in [0.29, 0.717) is 46.2 Å². The fourth-order valence-electron chi connectivity index (χ4n) is 5.95. The van der Waals surface area contributed by atoms with Crippen molar-refractivity contribution < 1.29 is 9.21 Å². The molecule has 2 aliphatic heterocycles. The van der Waals surface area contributed by atoms with Gasteiger partial charge in [-0.15, -0.1) is 0 Å². The molecule has 0 aliphatic carbocycles. The number of benzene rings is 2. The summed E-state index contributed by atoms with van der Waals surface area (Å²) in [6, 6.07) is 20.1. The predicted molar refractivity (Wildman–Crippen MR) is 143 cm³/mol. The lowest BCUT2D eigenvalue weighted by molar-refractivity contribution is 0.0928. The van der Waals surface area contributed by atoms with Crippen LogP contribution >= 0.6 is 0 Å². The third-order valence-corrected chi connectivity index (χ3v) is 7.69. The predicted octanol–water partition coefficient (Wildman–Crippen LogP) is 3.78. The number of nitrogens with zero attached hydrogens (tertiary/aromatic N) is 2. The molecule has 7 nitrogen and oxygen atoms in total.